The van der Waals surface area contributed by atoms with E-state index in [1.807, 2.05) is 6.07 Å². The van der Waals surface area contributed by atoms with Gasteiger partial charge in [-0.3, -0.25) is 0 Å². The van der Waals surface area contributed by atoms with Crippen molar-refractivity contribution in [2.75, 3.05) is 26.8 Å². The number of rotatable bonds is 7. The minimum atomic E-state index is -0.745. The average Bonchev–Trinajstić information content (AvgIpc) is 2.09. The largest absolute Gasteiger partial charge is 0.389 e. The molecule has 0 aromatic carbocycles. The van der Waals surface area contributed by atoms with Gasteiger partial charge in [-0.2, -0.15) is 5.26 Å². The van der Waals surface area contributed by atoms with Gasteiger partial charge in [-0.05, 0) is 6.92 Å². The maximum absolute atomic E-state index is 9.72. The molecule has 0 aliphatic heterocycles. The molecule has 1 atom stereocenters. The summed E-state index contributed by atoms with van der Waals surface area (Å²) in [5.74, 6) is 0. The van der Waals surface area contributed by atoms with Crippen LogP contribution in [0.25, 0.3) is 0 Å². The van der Waals surface area contributed by atoms with Crippen LogP contribution in [0.3, 0.4) is 0 Å². The van der Waals surface area contributed by atoms with Gasteiger partial charge in [0.1, 0.15) is 0 Å². The maximum Gasteiger partial charge on any atom is 0.0765 e. The monoisotopic (exact) mass is 186 g/mol. The molecule has 4 nitrogen and oxygen atoms in total. The second-order valence-electron chi connectivity index (χ2n) is 3.32. The average molecular weight is 186 g/mol. The first-order chi connectivity index (χ1) is 6.12. The standard InChI is InChI=1S/C9H18N2O2/c1-9(12,4-7-13-2)8-11-6-3-5-10/h11-12H,3-4,6-8H2,1-2H3. The molecule has 0 radical (unpaired) electrons. The number of nitrogens with zero attached hydrogens (tertiary/aromatic N) is 1. The van der Waals surface area contributed by atoms with E-state index in [0.29, 0.717) is 32.5 Å². The summed E-state index contributed by atoms with van der Waals surface area (Å²) >= 11 is 0. The highest BCUT2D eigenvalue weighted by molar-refractivity contribution is 4.77. The molecule has 4 heteroatoms. The van der Waals surface area contributed by atoms with Crippen molar-refractivity contribution in [3.63, 3.8) is 0 Å². The molecule has 1 unspecified atom stereocenters. The summed E-state index contributed by atoms with van der Waals surface area (Å²) in [7, 11) is 1.61. The minimum absolute atomic E-state index is 0.473. The first-order valence-electron chi connectivity index (χ1n) is 4.41. The molecular weight excluding hydrogens is 168 g/mol. The van der Waals surface area contributed by atoms with Gasteiger partial charge in [-0.1, -0.05) is 0 Å². The molecule has 0 saturated carbocycles. The van der Waals surface area contributed by atoms with Gasteiger partial charge < -0.3 is 15.2 Å². The van der Waals surface area contributed by atoms with E-state index in [1.54, 1.807) is 14.0 Å². The summed E-state index contributed by atoms with van der Waals surface area (Å²) in [6.45, 7) is 3.43. The van der Waals surface area contributed by atoms with E-state index in [2.05, 4.69) is 5.32 Å². The van der Waals surface area contributed by atoms with Crippen LogP contribution >= 0.6 is 0 Å². The molecule has 0 heterocycles. The van der Waals surface area contributed by atoms with Crippen molar-refractivity contribution in [3.8, 4) is 6.07 Å². The van der Waals surface area contributed by atoms with E-state index in [4.69, 9.17) is 10.00 Å². The lowest BCUT2D eigenvalue weighted by Gasteiger charge is -2.22. The zero-order valence-electron chi connectivity index (χ0n) is 8.34. The van der Waals surface area contributed by atoms with Crippen molar-refractivity contribution in [2.45, 2.75) is 25.4 Å². The Morgan fingerprint density at radius 3 is 2.85 bits per heavy atom. The predicted octanol–water partition coefficient (Wildman–Crippen LogP) is 0.277. The second kappa shape index (κ2) is 6.84. The molecule has 0 aliphatic carbocycles. The predicted molar refractivity (Wildman–Crippen MR) is 50.2 cm³/mol. The van der Waals surface area contributed by atoms with Gasteiger partial charge in [0, 0.05) is 39.6 Å². The van der Waals surface area contributed by atoms with Crippen LogP contribution in [0.5, 0.6) is 0 Å². The summed E-state index contributed by atoms with van der Waals surface area (Å²) in [5.41, 5.74) is -0.745. The van der Waals surface area contributed by atoms with E-state index >= 15 is 0 Å². The topological polar surface area (TPSA) is 65.3 Å². The summed E-state index contributed by atoms with van der Waals surface area (Å²) in [6, 6.07) is 2.03. The van der Waals surface area contributed by atoms with Crippen LogP contribution in [0.4, 0.5) is 0 Å². The number of hydrogen-bond acceptors (Lipinski definition) is 4. The van der Waals surface area contributed by atoms with Gasteiger partial charge in [0.05, 0.1) is 11.7 Å². The van der Waals surface area contributed by atoms with Crippen LogP contribution in [0, 0.1) is 11.3 Å². The third-order valence-corrected chi connectivity index (χ3v) is 1.76. The van der Waals surface area contributed by atoms with Crippen molar-refractivity contribution in [1.82, 2.24) is 5.32 Å². The van der Waals surface area contributed by atoms with Crippen molar-refractivity contribution < 1.29 is 9.84 Å². The van der Waals surface area contributed by atoms with Crippen molar-refractivity contribution in [2.24, 2.45) is 0 Å². The smallest absolute Gasteiger partial charge is 0.0765 e. The fourth-order valence-corrected chi connectivity index (χ4v) is 0.912. The summed E-state index contributed by atoms with van der Waals surface area (Å²) in [5, 5.41) is 21.0. The Labute approximate surface area is 79.5 Å². The lowest BCUT2D eigenvalue weighted by atomic mass is 10.0. The van der Waals surface area contributed by atoms with Gasteiger partial charge in [0.15, 0.2) is 0 Å². The number of methoxy groups -OCH3 is 1. The zero-order chi connectivity index (χ0) is 10.2. The fourth-order valence-electron chi connectivity index (χ4n) is 0.912. The highest BCUT2D eigenvalue weighted by atomic mass is 16.5. The molecule has 0 aliphatic rings. The van der Waals surface area contributed by atoms with Crippen molar-refractivity contribution in [1.29, 1.82) is 5.26 Å². The van der Waals surface area contributed by atoms with Crippen LogP contribution in [-0.2, 0) is 4.74 Å². The Hall–Kier alpha value is -0.630. The van der Waals surface area contributed by atoms with Crippen LogP contribution in [0.2, 0.25) is 0 Å². The molecule has 0 aromatic rings. The number of nitrogens with one attached hydrogen (secondary N) is 1. The Bertz CT molecular complexity index is 163. The van der Waals surface area contributed by atoms with Crippen LogP contribution in [0.15, 0.2) is 0 Å². The molecule has 0 bridgehead atoms. The van der Waals surface area contributed by atoms with Gasteiger partial charge in [-0.15, -0.1) is 0 Å². The van der Waals surface area contributed by atoms with E-state index in [0.717, 1.165) is 0 Å². The van der Waals surface area contributed by atoms with Gasteiger partial charge in [-0.25, -0.2) is 0 Å². The zero-order valence-corrected chi connectivity index (χ0v) is 8.34. The van der Waals surface area contributed by atoms with Crippen LogP contribution in [0.1, 0.15) is 19.8 Å². The third kappa shape index (κ3) is 7.72. The Morgan fingerprint density at radius 1 is 1.62 bits per heavy atom. The first-order valence-corrected chi connectivity index (χ1v) is 4.41. The quantitative estimate of drug-likeness (QED) is 0.560. The lowest BCUT2D eigenvalue weighted by Crippen LogP contribution is -2.39. The van der Waals surface area contributed by atoms with E-state index < -0.39 is 5.60 Å². The van der Waals surface area contributed by atoms with Gasteiger partial charge >= 0.3 is 0 Å². The summed E-state index contributed by atoms with van der Waals surface area (Å²) < 4.78 is 4.87. The normalized spacial score (nSPS) is 14.9. The molecule has 0 fully saturated rings. The van der Waals surface area contributed by atoms with E-state index in [-0.39, 0.29) is 0 Å². The van der Waals surface area contributed by atoms with Crippen LogP contribution in [-0.4, -0.2) is 37.5 Å². The van der Waals surface area contributed by atoms with E-state index in [1.165, 1.54) is 0 Å². The summed E-state index contributed by atoms with van der Waals surface area (Å²) in [4.78, 5) is 0. The minimum Gasteiger partial charge on any atom is -0.389 e. The van der Waals surface area contributed by atoms with Gasteiger partial charge in [0.2, 0.25) is 0 Å². The van der Waals surface area contributed by atoms with Crippen molar-refractivity contribution >= 4 is 0 Å². The molecule has 0 aromatic heterocycles. The van der Waals surface area contributed by atoms with Crippen molar-refractivity contribution in [3.05, 3.63) is 0 Å². The molecular formula is C9H18N2O2. The molecule has 13 heavy (non-hydrogen) atoms. The van der Waals surface area contributed by atoms with Gasteiger partial charge in [0.25, 0.3) is 0 Å². The third-order valence-electron chi connectivity index (χ3n) is 1.76. The highest BCUT2D eigenvalue weighted by Crippen LogP contribution is 2.06. The number of nitriles is 1. The Balaban J connectivity index is 3.45. The Morgan fingerprint density at radius 2 is 2.31 bits per heavy atom. The molecule has 0 saturated heterocycles. The number of aliphatic hydroxyl groups is 1. The molecule has 76 valence electrons. The first kappa shape index (κ1) is 12.4. The molecule has 2 N–H and O–H groups in total. The molecule has 0 rings (SSSR count). The fraction of sp³-hybridized carbons (Fsp3) is 0.889. The second-order valence-corrected chi connectivity index (χ2v) is 3.32. The number of hydrogen-bond donors (Lipinski definition) is 2. The van der Waals surface area contributed by atoms with E-state index in [9.17, 15) is 5.11 Å². The lowest BCUT2D eigenvalue weighted by molar-refractivity contribution is 0.0252. The summed E-state index contributed by atoms with van der Waals surface area (Å²) in [6.07, 6.45) is 1.07. The van der Waals surface area contributed by atoms with Crippen LogP contribution < -0.4 is 5.32 Å². The highest BCUT2D eigenvalue weighted by Gasteiger charge is 2.18. The molecule has 0 spiro atoms. The SMILES string of the molecule is COCCC(C)(O)CNCCC#N. The molecule has 0 amide bonds. The number of ether oxygens (including phenoxy) is 1. The Kier molecular flexibility index (Phi) is 6.51. The maximum atomic E-state index is 9.72.